The van der Waals surface area contributed by atoms with Gasteiger partial charge in [-0.25, -0.2) is 0 Å². The number of rotatable bonds is 2. The molecule has 3 aromatic rings. The molecule has 0 saturated carbocycles. The predicted octanol–water partition coefficient (Wildman–Crippen LogP) is 5.32. The van der Waals surface area contributed by atoms with E-state index in [2.05, 4.69) is 21.1 Å². The van der Waals surface area contributed by atoms with E-state index >= 15 is 0 Å². The maximum absolute atomic E-state index is 6.08. The third-order valence-corrected chi connectivity index (χ3v) is 4.40. The molecule has 0 spiro atoms. The van der Waals surface area contributed by atoms with Crippen LogP contribution in [0, 0.1) is 6.92 Å². The van der Waals surface area contributed by atoms with Crippen LogP contribution in [0.25, 0.3) is 22.5 Å². The first kappa shape index (κ1) is 14.2. The van der Waals surface area contributed by atoms with Crippen LogP contribution in [0.4, 0.5) is 5.82 Å². The summed E-state index contributed by atoms with van der Waals surface area (Å²) >= 11 is 9.62. The van der Waals surface area contributed by atoms with E-state index in [4.69, 9.17) is 21.9 Å². The second-order valence-corrected chi connectivity index (χ2v) is 5.98. The van der Waals surface area contributed by atoms with Crippen LogP contribution in [0.5, 0.6) is 0 Å². The zero-order valence-electron chi connectivity index (χ0n) is 11.2. The van der Waals surface area contributed by atoms with Gasteiger partial charge in [0.15, 0.2) is 11.6 Å². The Morgan fingerprint density at radius 3 is 2.67 bits per heavy atom. The van der Waals surface area contributed by atoms with Gasteiger partial charge in [-0.15, -0.1) is 0 Å². The van der Waals surface area contributed by atoms with Crippen LogP contribution < -0.4 is 5.73 Å². The predicted molar refractivity (Wildman–Crippen MR) is 89.2 cm³/mol. The summed E-state index contributed by atoms with van der Waals surface area (Å²) in [6, 6.07) is 13.5. The molecule has 5 heteroatoms. The lowest BCUT2D eigenvalue weighted by Crippen LogP contribution is -1.90. The number of nitrogens with zero attached hydrogens (tertiary/aromatic N) is 1. The minimum Gasteiger partial charge on any atom is -0.380 e. The Kier molecular flexibility index (Phi) is 3.74. The van der Waals surface area contributed by atoms with Crippen LogP contribution >= 0.6 is 27.5 Å². The summed E-state index contributed by atoms with van der Waals surface area (Å²) in [5.41, 5.74) is 9.59. The van der Waals surface area contributed by atoms with Crippen molar-refractivity contribution in [1.29, 1.82) is 0 Å². The van der Waals surface area contributed by atoms with Crippen molar-refractivity contribution in [2.45, 2.75) is 6.92 Å². The zero-order chi connectivity index (χ0) is 15.0. The monoisotopic (exact) mass is 362 g/mol. The summed E-state index contributed by atoms with van der Waals surface area (Å²) in [4.78, 5) is 0. The lowest BCUT2D eigenvalue weighted by molar-refractivity contribution is 0.436. The van der Waals surface area contributed by atoms with Gasteiger partial charge in [-0.1, -0.05) is 50.9 Å². The van der Waals surface area contributed by atoms with Crippen molar-refractivity contribution < 1.29 is 4.52 Å². The highest BCUT2D eigenvalue weighted by Gasteiger charge is 2.19. The summed E-state index contributed by atoms with van der Waals surface area (Å²) in [5, 5.41) is 4.63. The Morgan fingerprint density at radius 1 is 1.19 bits per heavy atom. The molecular weight excluding hydrogens is 352 g/mol. The van der Waals surface area contributed by atoms with E-state index in [9.17, 15) is 0 Å². The van der Waals surface area contributed by atoms with E-state index in [1.54, 1.807) is 0 Å². The fourth-order valence-electron chi connectivity index (χ4n) is 2.21. The van der Waals surface area contributed by atoms with E-state index in [1.807, 2.05) is 49.4 Å². The molecule has 0 fully saturated rings. The van der Waals surface area contributed by atoms with Crippen molar-refractivity contribution in [2.24, 2.45) is 0 Å². The van der Waals surface area contributed by atoms with E-state index in [0.29, 0.717) is 16.6 Å². The van der Waals surface area contributed by atoms with Crippen LogP contribution in [0.1, 0.15) is 5.56 Å². The number of nitrogens with two attached hydrogens (primary N) is 1. The first-order chi connectivity index (χ1) is 10.1. The topological polar surface area (TPSA) is 52.0 Å². The Morgan fingerprint density at radius 2 is 1.95 bits per heavy atom. The van der Waals surface area contributed by atoms with Crippen molar-refractivity contribution >= 4 is 33.3 Å². The van der Waals surface area contributed by atoms with Gasteiger partial charge in [-0.2, -0.15) is 0 Å². The molecular formula is C16H12BrClN2O. The fourth-order valence-corrected chi connectivity index (χ4v) is 2.81. The number of hydrogen-bond acceptors (Lipinski definition) is 3. The molecule has 0 bridgehead atoms. The smallest absolute Gasteiger partial charge is 0.176 e. The van der Waals surface area contributed by atoms with Crippen molar-refractivity contribution in [1.82, 2.24) is 5.16 Å². The number of benzene rings is 2. The van der Waals surface area contributed by atoms with Gasteiger partial charge in [0.25, 0.3) is 0 Å². The Bertz CT molecular complexity index is 814. The fraction of sp³-hybridized carbons (Fsp3) is 0.0625. The quantitative estimate of drug-likeness (QED) is 0.671. The van der Waals surface area contributed by atoms with Gasteiger partial charge in [0, 0.05) is 20.6 Å². The third-order valence-electron chi connectivity index (χ3n) is 3.28. The lowest BCUT2D eigenvalue weighted by atomic mass is 10.0. The normalized spacial score (nSPS) is 10.8. The molecule has 21 heavy (non-hydrogen) atoms. The minimum absolute atomic E-state index is 0.365. The van der Waals surface area contributed by atoms with Gasteiger partial charge in [0.1, 0.15) is 0 Å². The number of halogens is 2. The van der Waals surface area contributed by atoms with Gasteiger partial charge < -0.3 is 10.3 Å². The maximum atomic E-state index is 6.08. The highest BCUT2D eigenvalue weighted by Crippen LogP contribution is 2.40. The second kappa shape index (κ2) is 5.54. The average molecular weight is 364 g/mol. The standard InChI is InChI=1S/C16H12BrClN2O/c1-9-8-10(6-7-13(9)18)15-14(16(19)20-21-15)11-4-2-3-5-12(11)17/h2-8H,1H3,(H2,19,20). The molecule has 0 aliphatic carbocycles. The number of aryl methyl sites for hydroxylation is 1. The average Bonchev–Trinajstić information content (AvgIpc) is 2.84. The largest absolute Gasteiger partial charge is 0.380 e. The molecule has 0 saturated heterocycles. The summed E-state index contributed by atoms with van der Waals surface area (Å²) in [5.74, 6) is 1.00. The van der Waals surface area contributed by atoms with Crippen molar-refractivity contribution in [3.63, 3.8) is 0 Å². The zero-order valence-corrected chi connectivity index (χ0v) is 13.6. The van der Waals surface area contributed by atoms with Crippen LogP contribution in [0.3, 0.4) is 0 Å². The Labute approximate surface area is 135 Å². The van der Waals surface area contributed by atoms with Crippen molar-refractivity contribution in [3.8, 4) is 22.5 Å². The van der Waals surface area contributed by atoms with Crippen LogP contribution in [-0.2, 0) is 0 Å². The third kappa shape index (κ3) is 2.57. The Balaban J connectivity index is 2.22. The molecule has 0 aliphatic rings. The SMILES string of the molecule is Cc1cc(-c2onc(N)c2-c2ccccc2Br)ccc1Cl. The molecule has 3 nitrogen and oxygen atoms in total. The molecule has 1 heterocycles. The molecule has 2 aromatic carbocycles. The first-order valence-corrected chi connectivity index (χ1v) is 7.51. The van der Waals surface area contributed by atoms with E-state index < -0.39 is 0 Å². The number of aromatic nitrogens is 1. The van der Waals surface area contributed by atoms with E-state index in [-0.39, 0.29) is 0 Å². The van der Waals surface area contributed by atoms with Gasteiger partial charge in [0.05, 0.1) is 5.56 Å². The van der Waals surface area contributed by atoms with Gasteiger partial charge in [-0.05, 0) is 36.8 Å². The van der Waals surface area contributed by atoms with Crippen LogP contribution in [0.15, 0.2) is 51.5 Å². The van der Waals surface area contributed by atoms with E-state index in [0.717, 1.165) is 26.7 Å². The van der Waals surface area contributed by atoms with Gasteiger partial charge in [0.2, 0.25) is 0 Å². The minimum atomic E-state index is 0.365. The van der Waals surface area contributed by atoms with Gasteiger partial charge in [-0.3, -0.25) is 0 Å². The molecule has 3 rings (SSSR count). The van der Waals surface area contributed by atoms with Crippen LogP contribution in [0.2, 0.25) is 5.02 Å². The molecule has 1 aromatic heterocycles. The molecule has 2 N–H and O–H groups in total. The van der Waals surface area contributed by atoms with Crippen LogP contribution in [-0.4, -0.2) is 5.16 Å². The highest BCUT2D eigenvalue weighted by molar-refractivity contribution is 9.10. The van der Waals surface area contributed by atoms with Gasteiger partial charge >= 0.3 is 0 Å². The van der Waals surface area contributed by atoms with Crippen molar-refractivity contribution in [3.05, 3.63) is 57.5 Å². The second-order valence-electron chi connectivity index (χ2n) is 4.72. The first-order valence-electron chi connectivity index (χ1n) is 6.34. The molecule has 0 atom stereocenters. The van der Waals surface area contributed by atoms with E-state index in [1.165, 1.54) is 0 Å². The number of anilines is 1. The molecule has 0 amide bonds. The summed E-state index contributed by atoms with van der Waals surface area (Å²) in [7, 11) is 0. The molecule has 0 unspecified atom stereocenters. The summed E-state index contributed by atoms with van der Waals surface area (Å²) in [6.07, 6.45) is 0. The molecule has 0 aliphatic heterocycles. The van der Waals surface area contributed by atoms with Crippen molar-refractivity contribution in [2.75, 3.05) is 5.73 Å². The number of nitrogen functional groups attached to an aromatic ring is 1. The lowest BCUT2D eigenvalue weighted by Gasteiger charge is -2.06. The molecule has 106 valence electrons. The summed E-state index contributed by atoms with van der Waals surface area (Å²) < 4.78 is 6.38. The number of hydrogen-bond donors (Lipinski definition) is 1. The molecule has 0 radical (unpaired) electrons. The maximum Gasteiger partial charge on any atom is 0.176 e. The highest BCUT2D eigenvalue weighted by atomic mass is 79.9. The summed E-state index contributed by atoms with van der Waals surface area (Å²) in [6.45, 7) is 1.95. The Hall–Kier alpha value is -1.78.